The molecule has 0 amide bonds. The molecule has 0 rings (SSSR count). The molecule has 0 heterocycles. The fraction of sp³-hybridized carbons (Fsp3) is 0.898. The number of esters is 2. The van der Waals surface area contributed by atoms with Gasteiger partial charge in [0.15, 0.2) is 6.10 Å². The van der Waals surface area contributed by atoms with Crippen LogP contribution in [0.5, 0.6) is 0 Å². The molecule has 0 aliphatic rings. The van der Waals surface area contributed by atoms with Gasteiger partial charge in [-0.05, 0) is 44.9 Å². The number of allylic oxidation sites excluding steroid dienone is 4. The van der Waals surface area contributed by atoms with Gasteiger partial charge >= 0.3 is 11.9 Å². The average Bonchev–Trinajstić information content (AvgIpc) is 3.31. The summed E-state index contributed by atoms with van der Waals surface area (Å²) in [5.41, 5.74) is 0. The first-order chi connectivity index (χ1) is 33.5. The minimum absolute atomic E-state index is 0.0285. The third kappa shape index (κ3) is 55.7. The van der Waals surface area contributed by atoms with Crippen LogP contribution in [0.3, 0.4) is 0 Å². The van der Waals surface area contributed by atoms with Crippen molar-refractivity contribution in [1.82, 2.24) is 0 Å². The Morgan fingerprint density at radius 2 is 0.783 bits per heavy atom. The highest BCUT2D eigenvalue weighted by Crippen LogP contribution is 2.38. The van der Waals surface area contributed by atoms with Crippen LogP contribution in [0, 0.1) is 0 Å². The average molecular weight is 997 g/mol. The number of unbranched alkanes of at least 4 members (excludes halogenated alkanes) is 37. The first-order valence-corrected chi connectivity index (χ1v) is 31.0. The number of quaternary nitrogens is 1. The number of rotatable bonds is 55. The number of likely N-dealkylation sites (N-methyl/N-ethyl adjacent to an activating group) is 1. The Hall–Kier alpha value is -1.51. The summed E-state index contributed by atoms with van der Waals surface area (Å²) >= 11 is 0. The van der Waals surface area contributed by atoms with Gasteiger partial charge in [-0.25, -0.2) is 0 Å². The number of phosphoric acid groups is 1. The van der Waals surface area contributed by atoms with E-state index >= 15 is 0 Å². The lowest BCUT2D eigenvalue weighted by Crippen LogP contribution is -2.37. The molecular weight excluding hydrogens is 882 g/mol. The maximum atomic E-state index is 12.8. The molecule has 0 N–H and O–H groups in total. The summed E-state index contributed by atoms with van der Waals surface area (Å²) in [7, 11) is 1.18. The van der Waals surface area contributed by atoms with Crippen LogP contribution in [0.1, 0.15) is 290 Å². The zero-order valence-corrected chi connectivity index (χ0v) is 47.2. The van der Waals surface area contributed by atoms with Crippen molar-refractivity contribution in [3.8, 4) is 0 Å². The van der Waals surface area contributed by atoms with Crippen molar-refractivity contribution in [3.05, 3.63) is 24.3 Å². The lowest BCUT2D eigenvalue weighted by molar-refractivity contribution is -0.870. The summed E-state index contributed by atoms with van der Waals surface area (Å²) in [5.74, 6) is -0.819. The van der Waals surface area contributed by atoms with E-state index in [1.807, 2.05) is 21.1 Å². The molecule has 0 aromatic heterocycles. The summed E-state index contributed by atoms with van der Waals surface area (Å²) in [6.07, 6.45) is 60.8. The van der Waals surface area contributed by atoms with Crippen molar-refractivity contribution >= 4 is 19.8 Å². The SMILES string of the molecule is CCCCCCC/C=C\C/C=C\CCCCCCCCCCCCCC(=O)OC(COC(=O)CCCCCCCCCCCCCCCCCCCCCCCC)COP(=O)([O-])OCC[N+](C)(C)C. The summed E-state index contributed by atoms with van der Waals surface area (Å²) < 4.78 is 34.2. The number of nitrogens with zero attached hydrogens (tertiary/aromatic N) is 1. The molecule has 0 aliphatic carbocycles. The fourth-order valence-electron chi connectivity index (χ4n) is 8.63. The molecule has 0 aromatic rings. The van der Waals surface area contributed by atoms with Gasteiger partial charge in [-0.1, -0.05) is 256 Å². The Kier molecular flexibility index (Phi) is 50.3. The van der Waals surface area contributed by atoms with Crippen LogP contribution < -0.4 is 4.89 Å². The third-order valence-corrected chi connectivity index (χ3v) is 14.2. The predicted octanol–water partition coefficient (Wildman–Crippen LogP) is 17.6. The van der Waals surface area contributed by atoms with Gasteiger partial charge in [-0.2, -0.15) is 0 Å². The Morgan fingerprint density at radius 1 is 0.449 bits per heavy atom. The van der Waals surface area contributed by atoms with Crippen LogP contribution in [-0.4, -0.2) is 70.0 Å². The molecule has 0 fully saturated rings. The highest BCUT2D eigenvalue weighted by atomic mass is 31.2. The van der Waals surface area contributed by atoms with E-state index in [-0.39, 0.29) is 32.0 Å². The number of hydrogen-bond acceptors (Lipinski definition) is 8. The largest absolute Gasteiger partial charge is 0.756 e. The van der Waals surface area contributed by atoms with Gasteiger partial charge in [0.2, 0.25) is 0 Å². The minimum Gasteiger partial charge on any atom is -0.756 e. The highest BCUT2D eigenvalue weighted by molar-refractivity contribution is 7.45. The van der Waals surface area contributed by atoms with Crippen molar-refractivity contribution in [2.24, 2.45) is 0 Å². The van der Waals surface area contributed by atoms with Gasteiger partial charge in [0.05, 0.1) is 27.7 Å². The van der Waals surface area contributed by atoms with Crippen LogP contribution >= 0.6 is 7.82 Å². The van der Waals surface area contributed by atoms with E-state index in [4.69, 9.17) is 18.5 Å². The maximum Gasteiger partial charge on any atom is 0.306 e. The second kappa shape index (κ2) is 51.4. The quantitative estimate of drug-likeness (QED) is 0.0195. The molecule has 10 heteroatoms. The first kappa shape index (κ1) is 67.5. The normalized spacial score (nSPS) is 13.4. The molecular formula is C59H114NO8P. The summed E-state index contributed by atoms with van der Waals surface area (Å²) in [5, 5.41) is 0. The number of phosphoric ester groups is 1. The zero-order chi connectivity index (χ0) is 50.6. The molecule has 0 saturated carbocycles. The second-order valence-corrected chi connectivity index (χ2v) is 22.8. The molecule has 0 radical (unpaired) electrons. The van der Waals surface area contributed by atoms with Gasteiger partial charge in [0.1, 0.15) is 19.8 Å². The van der Waals surface area contributed by atoms with Crippen LogP contribution in [0.4, 0.5) is 0 Å². The van der Waals surface area contributed by atoms with E-state index in [0.717, 1.165) is 44.9 Å². The van der Waals surface area contributed by atoms with E-state index in [1.54, 1.807) is 0 Å². The van der Waals surface area contributed by atoms with E-state index in [1.165, 1.54) is 212 Å². The lowest BCUT2D eigenvalue weighted by Gasteiger charge is -2.28. The van der Waals surface area contributed by atoms with Crippen LogP contribution in [-0.2, 0) is 32.7 Å². The topological polar surface area (TPSA) is 111 Å². The molecule has 69 heavy (non-hydrogen) atoms. The zero-order valence-electron chi connectivity index (χ0n) is 46.3. The van der Waals surface area contributed by atoms with E-state index < -0.39 is 26.5 Å². The Balaban J connectivity index is 4.13. The monoisotopic (exact) mass is 996 g/mol. The van der Waals surface area contributed by atoms with Crippen molar-refractivity contribution in [2.45, 2.75) is 296 Å². The van der Waals surface area contributed by atoms with Gasteiger partial charge in [-0.15, -0.1) is 0 Å². The van der Waals surface area contributed by atoms with Crippen LogP contribution in [0.15, 0.2) is 24.3 Å². The molecule has 2 atom stereocenters. The van der Waals surface area contributed by atoms with Crippen molar-refractivity contribution in [2.75, 3.05) is 47.5 Å². The third-order valence-electron chi connectivity index (χ3n) is 13.2. The van der Waals surface area contributed by atoms with Crippen LogP contribution in [0.25, 0.3) is 0 Å². The predicted molar refractivity (Wildman–Crippen MR) is 291 cm³/mol. The van der Waals surface area contributed by atoms with Crippen LogP contribution in [0.2, 0.25) is 0 Å². The van der Waals surface area contributed by atoms with Gasteiger partial charge in [0, 0.05) is 12.8 Å². The van der Waals surface area contributed by atoms with E-state index in [2.05, 4.69) is 38.2 Å². The standard InChI is InChI=1S/C59H114NO8P/c1-6-8-10-12-14-16-18-20-22-24-26-28-30-32-34-36-38-40-42-44-46-48-50-52-59(62)68-57(56-67-69(63,64)66-54-53-60(3,4)5)55-65-58(61)51-49-47-45-43-41-39-37-35-33-31-29-27-25-23-21-19-17-15-13-11-9-7-2/h18,20,24,26,57H,6-17,19,21-23,25,27-56H2,1-5H3/b20-18-,26-24-. The molecule has 0 aromatic carbocycles. The maximum absolute atomic E-state index is 12.8. The molecule has 408 valence electrons. The Bertz CT molecular complexity index is 1220. The second-order valence-electron chi connectivity index (χ2n) is 21.4. The Labute approximate surface area is 428 Å². The van der Waals surface area contributed by atoms with Crippen molar-refractivity contribution in [3.63, 3.8) is 0 Å². The molecule has 0 aliphatic heterocycles. The van der Waals surface area contributed by atoms with Crippen molar-refractivity contribution in [1.29, 1.82) is 0 Å². The number of carbonyl (C=O) groups excluding carboxylic acids is 2. The van der Waals surface area contributed by atoms with E-state index in [9.17, 15) is 19.0 Å². The molecule has 9 nitrogen and oxygen atoms in total. The van der Waals surface area contributed by atoms with E-state index in [0.29, 0.717) is 17.4 Å². The van der Waals surface area contributed by atoms with Crippen molar-refractivity contribution < 1.29 is 42.1 Å². The molecule has 0 saturated heterocycles. The van der Waals surface area contributed by atoms with Gasteiger partial charge in [0.25, 0.3) is 7.82 Å². The number of carbonyl (C=O) groups is 2. The fourth-order valence-corrected chi connectivity index (χ4v) is 9.36. The summed E-state index contributed by atoms with van der Waals surface area (Å²) in [6.45, 7) is 4.28. The highest BCUT2D eigenvalue weighted by Gasteiger charge is 2.22. The number of ether oxygens (including phenoxy) is 2. The smallest absolute Gasteiger partial charge is 0.306 e. The minimum atomic E-state index is -4.63. The Morgan fingerprint density at radius 3 is 1.14 bits per heavy atom. The summed E-state index contributed by atoms with van der Waals surface area (Å²) in [4.78, 5) is 37.9. The van der Waals surface area contributed by atoms with Gasteiger partial charge in [-0.3, -0.25) is 14.2 Å². The summed E-state index contributed by atoms with van der Waals surface area (Å²) in [6, 6.07) is 0. The molecule has 2 unspecified atom stereocenters. The lowest BCUT2D eigenvalue weighted by atomic mass is 10.0. The molecule has 0 spiro atoms. The van der Waals surface area contributed by atoms with Gasteiger partial charge < -0.3 is 27.9 Å². The molecule has 0 bridgehead atoms. The first-order valence-electron chi connectivity index (χ1n) is 29.5. The number of hydrogen-bond donors (Lipinski definition) is 0.